The molecule has 0 aliphatic heterocycles. The van der Waals surface area contributed by atoms with E-state index < -0.39 is 0 Å². The number of thiophene rings is 1. The molecule has 0 atom stereocenters. The van der Waals surface area contributed by atoms with Crippen molar-refractivity contribution in [1.82, 2.24) is 0 Å². The van der Waals surface area contributed by atoms with Gasteiger partial charge in [0.15, 0.2) is 0 Å². The average molecular weight is 214 g/mol. The van der Waals surface area contributed by atoms with Crippen molar-refractivity contribution in [3.63, 3.8) is 0 Å². The van der Waals surface area contributed by atoms with Crippen molar-refractivity contribution < 1.29 is 4.92 Å². The minimum absolute atomic E-state index is 0.0126. The van der Waals surface area contributed by atoms with Crippen molar-refractivity contribution in [3.8, 4) is 0 Å². The van der Waals surface area contributed by atoms with Crippen LogP contribution in [0.15, 0.2) is 12.1 Å². The summed E-state index contributed by atoms with van der Waals surface area (Å²) in [5, 5.41) is 10.6. The molecule has 2 N–H and O–H groups in total. The number of nitrogens with two attached hydrogens (primary N) is 1. The summed E-state index contributed by atoms with van der Waals surface area (Å²) in [5.74, 6) is 0. The second-order valence-electron chi connectivity index (χ2n) is 4.04. The predicted molar refractivity (Wildman–Crippen MR) is 57.5 cm³/mol. The first-order valence-corrected chi connectivity index (χ1v) is 5.19. The number of hydrogen-bond donors (Lipinski definition) is 1. The van der Waals surface area contributed by atoms with Crippen molar-refractivity contribution >= 4 is 16.3 Å². The van der Waals surface area contributed by atoms with Crippen LogP contribution < -0.4 is 5.73 Å². The van der Waals surface area contributed by atoms with Gasteiger partial charge in [-0.15, -0.1) is 0 Å². The molecule has 0 amide bonds. The van der Waals surface area contributed by atoms with Crippen LogP contribution in [0.2, 0.25) is 0 Å². The van der Waals surface area contributed by atoms with Gasteiger partial charge in [0.2, 0.25) is 0 Å². The fourth-order valence-electron chi connectivity index (χ4n) is 1.10. The topological polar surface area (TPSA) is 69.2 Å². The summed E-state index contributed by atoms with van der Waals surface area (Å²) < 4.78 is 0. The summed E-state index contributed by atoms with van der Waals surface area (Å²) >= 11 is 1.23. The van der Waals surface area contributed by atoms with Crippen molar-refractivity contribution in [2.24, 2.45) is 11.1 Å². The van der Waals surface area contributed by atoms with Gasteiger partial charge >= 0.3 is 5.00 Å². The molecule has 0 bridgehead atoms. The molecule has 1 aromatic heterocycles. The highest BCUT2D eigenvalue weighted by atomic mass is 32.1. The second-order valence-corrected chi connectivity index (χ2v) is 5.19. The summed E-state index contributed by atoms with van der Waals surface area (Å²) in [4.78, 5) is 11.1. The minimum Gasteiger partial charge on any atom is -0.330 e. The van der Waals surface area contributed by atoms with E-state index in [4.69, 9.17) is 5.73 Å². The van der Waals surface area contributed by atoms with E-state index in [0.29, 0.717) is 6.54 Å². The maximum atomic E-state index is 10.4. The molecule has 14 heavy (non-hydrogen) atoms. The lowest BCUT2D eigenvalue weighted by Gasteiger charge is -2.20. The quantitative estimate of drug-likeness (QED) is 0.617. The van der Waals surface area contributed by atoms with Crippen LogP contribution in [0.4, 0.5) is 5.00 Å². The van der Waals surface area contributed by atoms with Crippen molar-refractivity contribution in [1.29, 1.82) is 0 Å². The largest absolute Gasteiger partial charge is 0.330 e. The molecule has 78 valence electrons. The first-order valence-electron chi connectivity index (χ1n) is 4.38. The Hall–Kier alpha value is -0.940. The van der Waals surface area contributed by atoms with E-state index in [9.17, 15) is 10.1 Å². The lowest BCUT2D eigenvalue weighted by atomic mass is 9.89. The molecule has 0 saturated carbocycles. The molecule has 0 aliphatic rings. The zero-order valence-corrected chi connectivity index (χ0v) is 9.13. The molecule has 1 aromatic rings. The summed E-state index contributed by atoms with van der Waals surface area (Å²) in [5.41, 5.74) is 5.60. The highest BCUT2D eigenvalue weighted by Crippen LogP contribution is 2.29. The first-order chi connectivity index (χ1) is 6.44. The molecule has 1 heterocycles. The summed E-state index contributed by atoms with van der Waals surface area (Å²) in [6.07, 6.45) is 0.794. The molecule has 0 unspecified atom stereocenters. The van der Waals surface area contributed by atoms with Gasteiger partial charge in [0.05, 0.1) is 4.92 Å². The smallest absolute Gasteiger partial charge is 0.324 e. The van der Waals surface area contributed by atoms with Crippen LogP contribution in [0.5, 0.6) is 0 Å². The van der Waals surface area contributed by atoms with Gasteiger partial charge in [-0.1, -0.05) is 25.2 Å². The highest BCUT2D eigenvalue weighted by Gasteiger charge is 2.19. The third-order valence-electron chi connectivity index (χ3n) is 2.03. The molecular weight excluding hydrogens is 200 g/mol. The Balaban J connectivity index is 2.73. The molecule has 0 aliphatic carbocycles. The van der Waals surface area contributed by atoms with E-state index in [1.54, 1.807) is 12.1 Å². The molecule has 5 heteroatoms. The molecule has 0 spiro atoms. The van der Waals surface area contributed by atoms with Crippen LogP contribution >= 0.6 is 11.3 Å². The van der Waals surface area contributed by atoms with Gasteiger partial charge in [-0.05, 0) is 24.4 Å². The number of nitrogens with zero attached hydrogens (tertiary/aromatic N) is 1. The molecule has 1 rings (SSSR count). The lowest BCUT2D eigenvalue weighted by Crippen LogP contribution is -2.25. The Bertz CT molecular complexity index is 333. The van der Waals surface area contributed by atoms with Gasteiger partial charge in [0.1, 0.15) is 0 Å². The molecule has 0 fully saturated rings. The third-order valence-corrected chi connectivity index (χ3v) is 3.07. The molecule has 4 nitrogen and oxygen atoms in total. The van der Waals surface area contributed by atoms with Gasteiger partial charge in [0.25, 0.3) is 0 Å². The lowest BCUT2D eigenvalue weighted by molar-refractivity contribution is -0.380. The maximum absolute atomic E-state index is 10.4. The van der Waals surface area contributed by atoms with E-state index >= 15 is 0 Å². The van der Waals surface area contributed by atoms with Crippen molar-refractivity contribution in [2.45, 2.75) is 20.3 Å². The van der Waals surface area contributed by atoms with E-state index in [1.807, 2.05) is 0 Å². The van der Waals surface area contributed by atoms with E-state index in [0.717, 1.165) is 11.3 Å². The van der Waals surface area contributed by atoms with Gasteiger partial charge in [0, 0.05) is 10.9 Å². The van der Waals surface area contributed by atoms with Crippen LogP contribution in [0.25, 0.3) is 0 Å². The van der Waals surface area contributed by atoms with Crippen LogP contribution in [-0.2, 0) is 6.42 Å². The molecule has 0 saturated heterocycles. The fourth-order valence-corrected chi connectivity index (χ4v) is 2.18. The van der Waals surface area contributed by atoms with E-state index in [2.05, 4.69) is 13.8 Å². The standard InChI is InChI=1S/C9H14N2O2S/c1-9(2,6-10)5-7-3-4-8(14-7)11(12)13/h3-4H,5-6,10H2,1-2H3. The van der Waals surface area contributed by atoms with Crippen LogP contribution in [-0.4, -0.2) is 11.5 Å². The number of hydrogen-bond acceptors (Lipinski definition) is 4. The minimum atomic E-state index is -0.358. The van der Waals surface area contributed by atoms with Crippen molar-refractivity contribution in [2.75, 3.05) is 6.54 Å². The fraction of sp³-hybridized carbons (Fsp3) is 0.556. The molecule has 0 radical (unpaired) electrons. The summed E-state index contributed by atoms with van der Waals surface area (Å²) in [6, 6.07) is 3.35. The number of rotatable bonds is 4. The summed E-state index contributed by atoms with van der Waals surface area (Å²) in [7, 11) is 0. The maximum Gasteiger partial charge on any atom is 0.324 e. The van der Waals surface area contributed by atoms with Crippen LogP contribution in [0, 0.1) is 15.5 Å². The Labute approximate surface area is 86.9 Å². The zero-order chi connectivity index (χ0) is 10.8. The Morgan fingerprint density at radius 1 is 1.57 bits per heavy atom. The Morgan fingerprint density at radius 3 is 2.64 bits per heavy atom. The van der Waals surface area contributed by atoms with Gasteiger partial charge < -0.3 is 5.73 Å². The molecular formula is C9H14N2O2S. The number of nitro groups is 1. The average Bonchev–Trinajstić information content (AvgIpc) is 2.52. The van der Waals surface area contributed by atoms with Gasteiger partial charge in [-0.25, -0.2) is 0 Å². The Kier molecular flexibility index (Phi) is 3.23. The monoisotopic (exact) mass is 214 g/mol. The van der Waals surface area contributed by atoms with Gasteiger partial charge in [-0.2, -0.15) is 0 Å². The SMILES string of the molecule is CC(C)(CN)Cc1ccc([N+](=O)[O-])s1. The normalized spacial score (nSPS) is 11.6. The highest BCUT2D eigenvalue weighted by molar-refractivity contribution is 7.15. The van der Waals surface area contributed by atoms with E-state index in [-0.39, 0.29) is 15.3 Å². The van der Waals surface area contributed by atoms with Gasteiger partial charge in [-0.3, -0.25) is 10.1 Å². The Morgan fingerprint density at radius 2 is 2.21 bits per heavy atom. The second kappa shape index (κ2) is 4.06. The van der Waals surface area contributed by atoms with E-state index in [1.165, 1.54) is 11.3 Å². The first kappa shape index (κ1) is 11.1. The molecule has 0 aromatic carbocycles. The summed E-state index contributed by atoms with van der Waals surface area (Å²) in [6.45, 7) is 4.69. The van der Waals surface area contributed by atoms with Crippen LogP contribution in [0.1, 0.15) is 18.7 Å². The zero-order valence-electron chi connectivity index (χ0n) is 8.32. The van der Waals surface area contributed by atoms with Crippen LogP contribution in [0.3, 0.4) is 0 Å². The predicted octanol–water partition coefficient (Wildman–Crippen LogP) is 2.18. The third kappa shape index (κ3) is 2.78. The van der Waals surface area contributed by atoms with Crippen molar-refractivity contribution in [3.05, 3.63) is 27.1 Å².